The highest BCUT2D eigenvalue weighted by Crippen LogP contribution is 2.29. The zero-order chi connectivity index (χ0) is 8.60. The molecule has 62 valence electrons. The van der Waals surface area contributed by atoms with E-state index in [1.54, 1.807) is 11.3 Å². The first-order chi connectivity index (χ1) is 5.67. The van der Waals surface area contributed by atoms with E-state index in [0.29, 0.717) is 0 Å². The molecule has 0 fully saturated rings. The minimum atomic E-state index is 0.207. The summed E-state index contributed by atoms with van der Waals surface area (Å²) in [6, 6.07) is 2.17. The summed E-state index contributed by atoms with van der Waals surface area (Å²) in [6.07, 6.45) is 8.94. The number of hydrogen-bond donors (Lipinski definition) is 0. The Kier molecular flexibility index (Phi) is 1.69. The van der Waals surface area contributed by atoms with Gasteiger partial charge in [-0.05, 0) is 23.1 Å². The van der Waals surface area contributed by atoms with E-state index < -0.39 is 0 Å². The standard InChI is InChI=1S/C11H12S/c1-11(2)6-3-9-5-8-12-10(9)4-7-11/h3-8H,1-2H3. The van der Waals surface area contributed by atoms with Gasteiger partial charge in [-0.15, -0.1) is 11.3 Å². The summed E-state index contributed by atoms with van der Waals surface area (Å²) in [5.41, 5.74) is 1.56. The van der Waals surface area contributed by atoms with E-state index >= 15 is 0 Å². The van der Waals surface area contributed by atoms with Crippen molar-refractivity contribution in [3.8, 4) is 0 Å². The maximum Gasteiger partial charge on any atom is 0.0339 e. The molecular formula is C11H12S. The van der Waals surface area contributed by atoms with Crippen LogP contribution in [0.3, 0.4) is 0 Å². The van der Waals surface area contributed by atoms with Crippen LogP contribution in [0.15, 0.2) is 23.6 Å². The Labute approximate surface area is 77.2 Å². The molecule has 0 spiro atoms. The van der Waals surface area contributed by atoms with Crippen LogP contribution in [0.5, 0.6) is 0 Å². The van der Waals surface area contributed by atoms with Crippen LogP contribution in [-0.2, 0) is 0 Å². The summed E-state index contributed by atoms with van der Waals surface area (Å²) in [5, 5.41) is 2.14. The van der Waals surface area contributed by atoms with Gasteiger partial charge in [0.05, 0.1) is 0 Å². The van der Waals surface area contributed by atoms with E-state index in [2.05, 4.69) is 49.6 Å². The van der Waals surface area contributed by atoms with Gasteiger partial charge in [-0.1, -0.05) is 32.1 Å². The molecule has 0 bridgehead atoms. The minimum absolute atomic E-state index is 0.207. The highest BCUT2D eigenvalue weighted by Gasteiger charge is 2.12. The van der Waals surface area contributed by atoms with Gasteiger partial charge in [-0.25, -0.2) is 0 Å². The molecule has 1 heteroatoms. The summed E-state index contributed by atoms with van der Waals surface area (Å²) in [7, 11) is 0. The van der Waals surface area contributed by atoms with Crippen molar-refractivity contribution in [3.63, 3.8) is 0 Å². The van der Waals surface area contributed by atoms with Gasteiger partial charge in [0.2, 0.25) is 0 Å². The van der Waals surface area contributed by atoms with Gasteiger partial charge in [0.15, 0.2) is 0 Å². The fourth-order valence-electron chi connectivity index (χ4n) is 1.25. The van der Waals surface area contributed by atoms with E-state index in [1.807, 2.05) is 0 Å². The first-order valence-electron chi connectivity index (χ1n) is 4.13. The quantitative estimate of drug-likeness (QED) is 0.564. The van der Waals surface area contributed by atoms with Crippen molar-refractivity contribution in [2.45, 2.75) is 13.8 Å². The third kappa shape index (κ3) is 1.37. The van der Waals surface area contributed by atoms with Gasteiger partial charge in [0.1, 0.15) is 0 Å². The molecule has 0 aliphatic heterocycles. The summed E-state index contributed by atoms with van der Waals surface area (Å²) in [6.45, 7) is 4.44. The fourth-order valence-corrected chi connectivity index (χ4v) is 2.03. The van der Waals surface area contributed by atoms with Crippen LogP contribution in [0.4, 0.5) is 0 Å². The van der Waals surface area contributed by atoms with E-state index in [1.165, 1.54) is 10.4 Å². The topological polar surface area (TPSA) is 0 Å². The molecule has 0 unspecified atom stereocenters. The number of thiophene rings is 1. The molecule has 0 atom stereocenters. The van der Waals surface area contributed by atoms with Crippen LogP contribution in [0.25, 0.3) is 12.2 Å². The lowest BCUT2D eigenvalue weighted by molar-refractivity contribution is 0.633. The Morgan fingerprint density at radius 1 is 1.17 bits per heavy atom. The van der Waals surface area contributed by atoms with Gasteiger partial charge in [0.25, 0.3) is 0 Å². The highest BCUT2D eigenvalue weighted by molar-refractivity contribution is 7.11. The van der Waals surface area contributed by atoms with E-state index in [-0.39, 0.29) is 5.41 Å². The van der Waals surface area contributed by atoms with Crippen LogP contribution >= 0.6 is 11.3 Å². The SMILES string of the molecule is CC1(C)C=Cc2ccsc2C=C1. The van der Waals surface area contributed by atoms with E-state index in [0.717, 1.165) is 0 Å². The normalized spacial score (nSPS) is 18.8. The largest absolute Gasteiger partial charge is 0.144 e. The Balaban J connectivity index is 2.49. The molecule has 0 saturated heterocycles. The molecule has 0 amide bonds. The van der Waals surface area contributed by atoms with Crippen LogP contribution in [0.2, 0.25) is 0 Å². The molecule has 1 heterocycles. The third-order valence-corrected chi connectivity index (χ3v) is 2.98. The monoisotopic (exact) mass is 176 g/mol. The first kappa shape index (κ1) is 7.81. The Morgan fingerprint density at radius 3 is 2.75 bits per heavy atom. The Bertz CT molecular complexity index is 309. The smallest absolute Gasteiger partial charge is 0.0339 e. The average molecular weight is 176 g/mol. The molecule has 1 aliphatic carbocycles. The summed E-state index contributed by atoms with van der Waals surface area (Å²) in [4.78, 5) is 1.37. The number of hydrogen-bond acceptors (Lipinski definition) is 1. The maximum atomic E-state index is 2.26. The van der Waals surface area contributed by atoms with Crippen molar-refractivity contribution >= 4 is 23.5 Å². The van der Waals surface area contributed by atoms with Gasteiger partial charge >= 0.3 is 0 Å². The minimum Gasteiger partial charge on any atom is -0.144 e. The van der Waals surface area contributed by atoms with E-state index in [4.69, 9.17) is 0 Å². The Morgan fingerprint density at radius 2 is 1.92 bits per heavy atom. The average Bonchev–Trinajstić information content (AvgIpc) is 2.40. The highest BCUT2D eigenvalue weighted by atomic mass is 32.1. The third-order valence-electron chi connectivity index (χ3n) is 2.08. The molecule has 0 aromatic carbocycles. The summed E-state index contributed by atoms with van der Waals surface area (Å²) in [5.74, 6) is 0. The van der Waals surface area contributed by atoms with Crippen LogP contribution < -0.4 is 0 Å². The van der Waals surface area contributed by atoms with Gasteiger partial charge in [-0.3, -0.25) is 0 Å². The van der Waals surface area contributed by atoms with E-state index in [9.17, 15) is 0 Å². The predicted molar refractivity (Wildman–Crippen MR) is 56.2 cm³/mol. The molecule has 1 aromatic rings. The second-order valence-corrected chi connectivity index (χ2v) is 4.68. The zero-order valence-electron chi connectivity index (χ0n) is 7.37. The van der Waals surface area contributed by atoms with Gasteiger partial charge < -0.3 is 0 Å². The predicted octanol–water partition coefficient (Wildman–Crippen LogP) is 3.81. The van der Waals surface area contributed by atoms with Crippen molar-refractivity contribution in [1.29, 1.82) is 0 Å². The second kappa shape index (κ2) is 2.60. The van der Waals surface area contributed by atoms with Crippen molar-refractivity contribution in [3.05, 3.63) is 34.0 Å². The number of rotatable bonds is 0. The van der Waals surface area contributed by atoms with Crippen LogP contribution in [0, 0.1) is 5.41 Å². The molecular weight excluding hydrogens is 164 g/mol. The molecule has 1 aliphatic rings. The van der Waals surface area contributed by atoms with Crippen LogP contribution in [0.1, 0.15) is 24.3 Å². The maximum absolute atomic E-state index is 2.26. The van der Waals surface area contributed by atoms with Crippen LogP contribution in [-0.4, -0.2) is 0 Å². The molecule has 2 rings (SSSR count). The van der Waals surface area contributed by atoms with Crippen molar-refractivity contribution in [1.82, 2.24) is 0 Å². The zero-order valence-corrected chi connectivity index (χ0v) is 8.19. The Hall–Kier alpha value is -0.820. The summed E-state index contributed by atoms with van der Waals surface area (Å²) >= 11 is 1.80. The molecule has 0 saturated carbocycles. The second-order valence-electron chi connectivity index (χ2n) is 3.73. The lowest BCUT2D eigenvalue weighted by Crippen LogP contribution is -1.99. The van der Waals surface area contributed by atoms with Crippen molar-refractivity contribution < 1.29 is 0 Å². The number of fused-ring (bicyclic) bond motifs is 1. The fraction of sp³-hybridized carbons (Fsp3) is 0.273. The molecule has 0 nitrogen and oxygen atoms in total. The van der Waals surface area contributed by atoms with Gasteiger partial charge in [-0.2, -0.15) is 0 Å². The van der Waals surface area contributed by atoms with Gasteiger partial charge in [0, 0.05) is 10.3 Å². The summed E-state index contributed by atoms with van der Waals surface area (Å²) < 4.78 is 0. The molecule has 12 heavy (non-hydrogen) atoms. The molecule has 0 N–H and O–H groups in total. The lowest BCUT2D eigenvalue weighted by atomic mass is 9.93. The number of allylic oxidation sites excluding steroid dienone is 2. The lowest BCUT2D eigenvalue weighted by Gasteiger charge is -2.12. The molecule has 0 radical (unpaired) electrons. The van der Waals surface area contributed by atoms with Crippen molar-refractivity contribution in [2.24, 2.45) is 5.41 Å². The van der Waals surface area contributed by atoms with Crippen molar-refractivity contribution in [2.75, 3.05) is 0 Å². The molecule has 1 aromatic heterocycles. The first-order valence-corrected chi connectivity index (χ1v) is 5.01.